The van der Waals surface area contributed by atoms with E-state index in [0.717, 1.165) is 15.3 Å². The van der Waals surface area contributed by atoms with Crippen molar-refractivity contribution in [3.05, 3.63) is 55.4 Å². The number of aliphatic hydroxyl groups is 2. The van der Waals surface area contributed by atoms with E-state index in [2.05, 4.69) is 4.98 Å². The number of H-pyrrole nitrogens is 1. The minimum Gasteiger partial charge on any atom is -0.396 e. The molecule has 0 aliphatic heterocycles. The molecule has 34 heavy (non-hydrogen) atoms. The normalized spacial score (nSPS) is 27.1. The molecule has 2 heterocycles. The van der Waals surface area contributed by atoms with Gasteiger partial charge in [0.2, 0.25) is 5.82 Å². The van der Waals surface area contributed by atoms with Crippen molar-refractivity contribution in [3.8, 4) is 0 Å². The third kappa shape index (κ3) is 5.38. The Morgan fingerprint density at radius 2 is 1.41 bits per heavy atom. The fourth-order valence-electron chi connectivity index (χ4n) is 3.66. The number of rotatable bonds is 4. The van der Waals surface area contributed by atoms with Crippen molar-refractivity contribution in [1.82, 2.24) is 19.1 Å². The molecule has 0 unspecified atom stereocenters. The Kier molecular flexibility index (Phi) is 9.75. The highest BCUT2D eigenvalue weighted by atomic mass is 19.1. The summed E-state index contributed by atoms with van der Waals surface area (Å²) in [7, 11) is 0. The van der Waals surface area contributed by atoms with Crippen LogP contribution in [0, 0.1) is 23.5 Å². The van der Waals surface area contributed by atoms with Crippen molar-refractivity contribution in [2.75, 3.05) is 18.9 Å². The molecule has 0 aromatic carbocycles. The monoisotopic (exact) mass is 495 g/mol. The van der Waals surface area contributed by atoms with Crippen LogP contribution in [0.5, 0.6) is 0 Å². The summed E-state index contributed by atoms with van der Waals surface area (Å²) in [6.07, 6.45) is -0.645. The lowest BCUT2D eigenvalue weighted by molar-refractivity contribution is -0.000886. The molecule has 10 nitrogen and oxygen atoms in total. The number of aliphatic hydroxyl groups excluding tert-OH is 2. The van der Waals surface area contributed by atoms with Crippen molar-refractivity contribution in [3.63, 3.8) is 0 Å². The number of nitrogens with one attached hydrogen (secondary N) is 1. The second-order valence-electron chi connectivity index (χ2n) is 7.69. The van der Waals surface area contributed by atoms with Crippen LogP contribution in [-0.2, 0) is 0 Å². The molecule has 4 rings (SSSR count). The predicted octanol–water partition coefficient (Wildman–Crippen LogP) is 0.695. The van der Waals surface area contributed by atoms with Crippen LogP contribution in [-0.4, -0.2) is 54.9 Å². The van der Waals surface area contributed by atoms with E-state index in [9.17, 15) is 31.9 Å². The zero-order valence-electron chi connectivity index (χ0n) is 16.5. The number of aromatic nitrogens is 4. The summed E-state index contributed by atoms with van der Waals surface area (Å²) in [5.41, 5.74) is 2.38. The van der Waals surface area contributed by atoms with Gasteiger partial charge < -0.3 is 15.9 Å². The average Bonchev–Trinajstić information content (AvgIpc) is 2.74. The molecular formula is C20H29F4N5O5. The molecule has 2 aromatic heterocycles. The first-order valence-corrected chi connectivity index (χ1v) is 9.64. The number of nitrogens with zero attached hydrogens (tertiary/aromatic N) is 3. The fraction of sp³-hybridized carbons (Fsp3) is 0.600. The molecule has 2 aliphatic rings. The third-order valence-electron chi connectivity index (χ3n) is 5.77. The number of anilines is 1. The van der Waals surface area contributed by atoms with Gasteiger partial charge in [0.15, 0.2) is 11.6 Å². The van der Waals surface area contributed by atoms with E-state index in [1.807, 2.05) is 0 Å². The molecule has 0 radical (unpaired) electrons. The molecular weight excluding hydrogens is 466 g/mol. The second-order valence-corrected chi connectivity index (χ2v) is 7.69. The van der Waals surface area contributed by atoms with Gasteiger partial charge in [-0.15, -0.1) is 0 Å². The van der Waals surface area contributed by atoms with Crippen LogP contribution in [0.2, 0.25) is 0 Å². The molecule has 5 N–H and O–H groups in total. The fourth-order valence-corrected chi connectivity index (χ4v) is 3.66. The van der Waals surface area contributed by atoms with Crippen LogP contribution in [0.1, 0.15) is 39.8 Å². The Balaban J connectivity index is 0.000000321. The van der Waals surface area contributed by atoms with Gasteiger partial charge in [0.25, 0.3) is 5.56 Å². The lowest BCUT2D eigenvalue weighted by Crippen LogP contribution is -2.47. The quantitative estimate of drug-likeness (QED) is 0.455. The first-order valence-electron chi connectivity index (χ1n) is 9.64. The standard InChI is InChI=1S/C9H11F2N3O2.C9H10F2N2O3.2CH4/c10-5-2-14(9(16)13-8(5)12)6-1-4(3-15)7(6)11;10-5-2-13(9(16)12-8(5)15)6-1-4(3-14)7(6)11;;/h2,4,6-7,15H,1,3H2,(H2,12,13,16);2,4,6-7,14H,1,3H2,(H,12,15,16);2*1H4/t2*4-,6-,7-;;/m00../s1. The Bertz CT molecular complexity index is 1150. The smallest absolute Gasteiger partial charge is 0.350 e. The molecule has 2 aromatic rings. The topological polar surface area (TPSA) is 156 Å². The molecule has 0 saturated heterocycles. The molecule has 14 heteroatoms. The van der Waals surface area contributed by atoms with E-state index in [4.69, 9.17) is 15.9 Å². The second kappa shape index (κ2) is 11.4. The van der Waals surface area contributed by atoms with Gasteiger partial charge in [-0.1, -0.05) is 14.9 Å². The van der Waals surface area contributed by atoms with Crippen LogP contribution in [0.15, 0.2) is 26.8 Å². The summed E-state index contributed by atoms with van der Waals surface area (Å²) in [4.78, 5) is 38.4. The lowest BCUT2D eigenvalue weighted by atomic mass is 9.78. The van der Waals surface area contributed by atoms with Gasteiger partial charge in [0, 0.05) is 31.2 Å². The predicted molar refractivity (Wildman–Crippen MR) is 116 cm³/mol. The van der Waals surface area contributed by atoms with Crippen LogP contribution < -0.4 is 22.7 Å². The summed E-state index contributed by atoms with van der Waals surface area (Å²) < 4.78 is 54.5. The average molecular weight is 495 g/mol. The van der Waals surface area contributed by atoms with E-state index in [1.165, 1.54) is 0 Å². The molecule has 0 amide bonds. The number of aromatic amines is 1. The van der Waals surface area contributed by atoms with Crippen LogP contribution >= 0.6 is 0 Å². The highest BCUT2D eigenvalue weighted by molar-refractivity contribution is 5.26. The van der Waals surface area contributed by atoms with Crippen molar-refractivity contribution in [2.24, 2.45) is 11.8 Å². The summed E-state index contributed by atoms with van der Waals surface area (Å²) >= 11 is 0. The van der Waals surface area contributed by atoms with E-state index in [1.54, 1.807) is 4.98 Å². The number of nitrogens with two attached hydrogens (primary N) is 1. The van der Waals surface area contributed by atoms with Crippen LogP contribution in [0.3, 0.4) is 0 Å². The lowest BCUT2D eigenvalue weighted by Gasteiger charge is -2.39. The highest BCUT2D eigenvalue weighted by Gasteiger charge is 2.43. The summed E-state index contributed by atoms with van der Waals surface area (Å²) in [6, 6.07) is -1.57. The Morgan fingerprint density at radius 1 is 0.941 bits per heavy atom. The van der Waals surface area contributed by atoms with Gasteiger partial charge in [-0.25, -0.2) is 22.8 Å². The van der Waals surface area contributed by atoms with Gasteiger partial charge in [0.05, 0.1) is 18.3 Å². The molecule has 0 bridgehead atoms. The van der Waals surface area contributed by atoms with Crippen molar-refractivity contribution < 1.29 is 27.8 Å². The molecule has 6 atom stereocenters. The zero-order valence-corrected chi connectivity index (χ0v) is 16.5. The molecule has 0 spiro atoms. The number of nitrogen functional groups attached to an aromatic ring is 1. The number of hydrogen-bond acceptors (Lipinski definition) is 7. The third-order valence-corrected chi connectivity index (χ3v) is 5.77. The minimum atomic E-state index is -1.40. The van der Waals surface area contributed by atoms with E-state index in [-0.39, 0.29) is 34.5 Å². The van der Waals surface area contributed by atoms with Crippen molar-refractivity contribution in [1.29, 1.82) is 0 Å². The molecule has 2 fully saturated rings. The van der Waals surface area contributed by atoms with Gasteiger partial charge in [0.1, 0.15) is 12.3 Å². The summed E-state index contributed by atoms with van der Waals surface area (Å²) in [5, 5.41) is 17.5. The van der Waals surface area contributed by atoms with Gasteiger partial charge in [-0.2, -0.15) is 9.37 Å². The minimum absolute atomic E-state index is 0. The van der Waals surface area contributed by atoms with E-state index < -0.39 is 70.7 Å². The van der Waals surface area contributed by atoms with Gasteiger partial charge in [-0.3, -0.25) is 18.9 Å². The molecule has 2 saturated carbocycles. The maximum absolute atomic E-state index is 13.4. The van der Waals surface area contributed by atoms with Crippen molar-refractivity contribution in [2.45, 2.75) is 52.1 Å². The Hall–Kier alpha value is -3.00. The maximum atomic E-state index is 13.4. The highest BCUT2D eigenvalue weighted by Crippen LogP contribution is 2.40. The Labute approximate surface area is 191 Å². The SMILES string of the molecule is C.C.Nc1nc(=O)n([C@H]2C[C@@H](CO)[C@@H]2F)cc1F.O=c1[nH]c(=O)n([C@H]2C[C@@H](CO)[C@@H]2F)cc1F. The molecule has 192 valence electrons. The van der Waals surface area contributed by atoms with Crippen molar-refractivity contribution >= 4 is 5.82 Å². The van der Waals surface area contributed by atoms with Gasteiger partial charge >= 0.3 is 11.4 Å². The van der Waals surface area contributed by atoms with E-state index >= 15 is 0 Å². The first kappa shape index (κ1) is 29.0. The van der Waals surface area contributed by atoms with E-state index in [0.29, 0.717) is 12.6 Å². The number of alkyl halides is 2. The largest absolute Gasteiger partial charge is 0.396 e. The maximum Gasteiger partial charge on any atom is 0.350 e. The summed E-state index contributed by atoms with van der Waals surface area (Å²) in [5.74, 6) is -3.47. The number of halogens is 4. The van der Waals surface area contributed by atoms with Crippen LogP contribution in [0.25, 0.3) is 0 Å². The first-order chi connectivity index (χ1) is 15.1. The molecule has 2 aliphatic carbocycles. The van der Waals surface area contributed by atoms with Crippen LogP contribution in [0.4, 0.5) is 23.4 Å². The number of hydrogen-bond donors (Lipinski definition) is 4. The zero-order chi connectivity index (χ0) is 23.7. The Morgan fingerprint density at radius 3 is 1.88 bits per heavy atom. The van der Waals surface area contributed by atoms with Gasteiger partial charge in [-0.05, 0) is 12.8 Å². The summed E-state index contributed by atoms with van der Waals surface area (Å²) in [6.45, 7) is -0.588.